The molecule has 0 radical (unpaired) electrons. The number of thiophene rings is 1. The molecule has 1 unspecified atom stereocenters. The van der Waals surface area contributed by atoms with Crippen molar-refractivity contribution in [3.8, 4) is 0 Å². The van der Waals surface area contributed by atoms with Crippen LogP contribution in [0.1, 0.15) is 30.7 Å². The van der Waals surface area contributed by atoms with Crippen LogP contribution in [0.15, 0.2) is 41.8 Å². The van der Waals surface area contributed by atoms with Gasteiger partial charge in [-0.25, -0.2) is 17.6 Å². The van der Waals surface area contributed by atoms with Gasteiger partial charge in [-0.3, -0.25) is 4.79 Å². The van der Waals surface area contributed by atoms with E-state index in [1.807, 2.05) is 19.2 Å². The molecule has 2 heterocycles. The van der Waals surface area contributed by atoms with Crippen LogP contribution in [0.2, 0.25) is 0 Å². The van der Waals surface area contributed by atoms with Crippen molar-refractivity contribution in [1.82, 2.24) is 4.90 Å². The molecule has 3 rings (SSSR count). The first kappa shape index (κ1) is 24.1. The summed E-state index contributed by atoms with van der Waals surface area (Å²) in [5.41, 5.74) is 0.883. The molecule has 1 aliphatic heterocycles. The van der Waals surface area contributed by atoms with Gasteiger partial charge in [0.2, 0.25) is 0 Å². The Bertz CT molecular complexity index is 1080. The summed E-state index contributed by atoms with van der Waals surface area (Å²) in [6.07, 6.45) is 1.98. The maximum atomic E-state index is 13.2. The van der Waals surface area contributed by atoms with Crippen molar-refractivity contribution in [3.05, 3.63) is 58.0 Å². The van der Waals surface area contributed by atoms with E-state index in [1.54, 1.807) is 30.3 Å². The number of carbonyl (C=O) groups excluding carboxylic acids is 2. The summed E-state index contributed by atoms with van der Waals surface area (Å²) in [5, 5.41) is 1.82. The summed E-state index contributed by atoms with van der Waals surface area (Å²) in [7, 11) is -3.16. The van der Waals surface area contributed by atoms with Crippen LogP contribution in [0.25, 0.3) is 11.6 Å². The van der Waals surface area contributed by atoms with Crippen LogP contribution in [0.3, 0.4) is 0 Å². The fraction of sp³-hybridized carbons (Fsp3) is 0.391. The van der Waals surface area contributed by atoms with Crippen molar-refractivity contribution >= 4 is 44.7 Å². The highest BCUT2D eigenvalue weighted by Gasteiger charge is 2.35. The Hall–Kier alpha value is -2.52. The topological polar surface area (TPSA) is 80.8 Å². The van der Waals surface area contributed by atoms with Crippen LogP contribution in [-0.4, -0.2) is 55.9 Å². The van der Waals surface area contributed by atoms with Crippen LogP contribution in [0, 0.1) is 11.7 Å². The fourth-order valence-corrected chi connectivity index (χ4v) is 6.01. The molecule has 1 fully saturated rings. The largest absolute Gasteiger partial charge is 0.452 e. The van der Waals surface area contributed by atoms with Gasteiger partial charge < -0.3 is 9.64 Å². The predicted octanol–water partition coefficient (Wildman–Crippen LogP) is 3.64. The molecule has 1 aromatic carbocycles. The Morgan fingerprint density at radius 2 is 1.97 bits per heavy atom. The van der Waals surface area contributed by atoms with E-state index in [1.165, 1.54) is 28.4 Å². The Labute approximate surface area is 191 Å². The molecule has 9 heteroatoms. The third-order valence-electron chi connectivity index (χ3n) is 5.05. The number of esters is 1. The Morgan fingerprint density at radius 1 is 1.25 bits per heavy atom. The molecule has 2 aromatic rings. The maximum absolute atomic E-state index is 13.2. The second kappa shape index (κ2) is 10.4. The average molecular weight is 480 g/mol. The van der Waals surface area contributed by atoms with Crippen molar-refractivity contribution in [1.29, 1.82) is 0 Å². The number of hydrogen-bond acceptors (Lipinski definition) is 6. The number of carbonyl (C=O) groups is 2. The highest BCUT2D eigenvalue weighted by Crippen LogP contribution is 2.25. The van der Waals surface area contributed by atoms with Gasteiger partial charge in [-0.05, 0) is 47.6 Å². The standard InChI is InChI=1S/C23H26FNO5S2/c1-16(2)13-25(19-9-11-32(28,29)15-19)22(26)14-30-23(27)20(21-4-3-10-31-21)12-17-5-7-18(24)8-6-17/h3-8,10,12,16,19H,9,11,13-15H2,1-2H3. The van der Waals surface area contributed by atoms with E-state index in [-0.39, 0.29) is 28.8 Å². The Balaban J connectivity index is 1.74. The summed E-state index contributed by atoms with van der Waals surface area (Å²) >= 11 is 1.35. The number of benzene rings is 1. The quantitative estimate of drug-likeness (QED) is 0.427. The fourth-order valence-electron chi connectivity index (χ4n) is 3.55. The molecular weight excluding hydrogens is 453 g/mol. The first-order valence-corrected chi connectivity index (χ1v) is 13.0. The van der Waals surface area contributed by atoms with E-state index in [9.17, 15) is 22.4 Å². The van der Waals surface area contributed by atoms with Crippen molar-refractivity contribution in [3.63, 3.8) is 0 Å². The average Bonchev–Trinajstić information content (AvgIpc) is 3.39. The summed E-state index contributed by atoms with van der Waals surface area (Å²) < 4.78 is 42.3. The van der Waals surface area contributed by atoms with Gasteiger partial charge in [0.1, 0.15) is 5.82 Å². The molecule has 1 saturated heterocycles. The zero-order valence-electron chi connectivity index (χ0n) is 18.0. The maximum Gasteiger partial charge on any atom is 0.340 e. The lowest BCUT2D eigenvalue weighted by Crippen LogP contribution is -2.45. The summed E-state index contributed by atoms with van der Waals surface area (Å²) in [4.78, 5) is 27.9. The summed E-state index contributed by atoms with van der Waals surface area (Å²) in [6, 6.07) is 8.84. The van der Waals surface area contributed by atoms with Gasteiger partial charge in [-0.2, -0.15) is 0 Å². The molecule has 0 N–H and O–H groups in total. The highest BCUT2D eigenvalue weighted by molar-refractivity contribution is 7.91. The summed E-state index contributed by atoms with van der Waals surface area (Å²) in [5.74, 6) is -1.34. The minimum atomic E-state index is -3.16. The molecule has 0 bridgehead atoms. The van der Waals surface area contributed by atoms with Crippen LogP contribution >= 0.6 is 11.3 Å². The molecule has 1 amide bonds. The molecule has 0 saturated carbocycles. The first-order valence-electron chi connectivity index (χ1n) is 10.3. The number of sulfone groups is 1. The van der Waals surface area contributed by atoms with Crippen molar-refractivity contribution < 1.29 is 27.1 Å². The molecule has 172 valence electrons. The number of hydrogen-bond donors (Lipinski definition) is 0. The van der Waals surface area contributed by atoms with E-state index in [0.29, 0.717) is 23.4 Å². The second-order valence-corrected chi connectivity index (χ2v) is 11.3. The number of nitrogens with zero attached hydrogens (tertiary/aromatic N) is 1. The number of halogens is 1. The normalized spacial score (nSPS) is 18.0. The van der Waals surface area contributed by atoms with Gasteiger partial charge in [0, 0.05) is 17.5 Å². The molecule has 1 aromatic heterocycles. The van der Waals surface area contributed by atoms with E-state index in [2.05, 4.69) is 0 Å². The van der Waals surface area contributed by atoms with Gasteiger partial charge in [-0.1, -0.05) is 32.0 Å². The number of rotatable bonds is 8. The highest BCUT2D eigenvalue weighted by atomic mass is 32.2. The van der Waals surface area contributed by atoms with Crippen molar-refractivity contribution in [2.45, 2.75) is 26.3 Å². The Kier molecular flexibility index (Phi) is 7.84. The first-order chi connectivity index (χ1) is 15.1. The third-order valence-corrected chi connectivity index (χ3v) is 7.70. The Morgan fingerprint density at radius 3 is 2.53 bits per heavy atom. The molecule has 6 nitrogen and oxygen atoms in total. The monoisotopic (exact) mass is 479 g/mol. The third kappa shape index (κ3) is 6.49. The van der Waals surface area contributed by atoms with Crippen LogP contribution in [-0.2, 0) is 24.2 Å². The smallest absolute Gasteiger partial charge is 0.340 e. The van der Waals surface area contributed by atoms with E-state index >= 15 is 0 Å². The zero-order valence-corrected chi connectivity index (χ0v) is 19.6. The lowest BCUT2D eigenvalue weighted by atomic mass is 10.1. The minimum absolute atomic E-state index is 0.0578. The minimum Gasteiger partial charge on any atom is -0.452 e. The number of ether oxygens (including phenoxy) is 1. The van der Waals surface area contributed by atoms with E-state index in [4.69, 9.17) is 4.74 Å². The SMILES string of the molecule is CC(C)CN(C(=O)COC(=O)C(=Cc1ccc(F)cc1)c1cccs1)C1CCS(=O)(=O)C1. The van der Waals surface area contributed by atoms with Crippen molar-refractivity contribution in [2.24, 2.45) is 5.92 Å². The summed E-state index contributed by atoms with van der Waals surface area (Å²) in [6.45, 7) is 3.79. The second-order valence-electron chi connectivity index (χ2n) is 8.16. The molecule has 0 aliphatic carbocycles. The van der Waals surface area contributed by atoms with E-state index < -0.39 is 34.4 Å². The molecule has 1 atom stereocenters. The van der Waals surface area contributed by atoms with Gasteiger partial charge in [0.05, 0.1) is 17.1 Å². The van der Waals surface area contributed by atoms with Gasteiger partial charge in [0.25, 0.3) is 5.91 Å². The van der Waals surface area contributed by atoms with Crippen LogP contribution in [0.5, 0.6) is 0 Å². The number of amides is 1. The van der Waals surface area contributed by atoms with E-state index in [0.717, 1.165) is 0 Å². The lowest BCUT2D eigenvalue weighted by Gasteiger charge is -2.29. The zero-order chi connectivity index (χ0) is 23.3. The molecule has 32 heavy (non-hydrogen) atoms. The lowest BCUT2D eigenvalue weighted by molar-refractivity contribution is -0.148. The van der Waals surface area contributed by atoms with Gasteiger partial charge in [0.15, 0.2) is 16.4 Å². The molecule has 0 spiro atoms. The van der Waals surface area contributed by atoms with Crippen molar-refractivity contribution in [2.75, 3.05) is 24.7 Å². The van der Waals surface area contributed by atoms with Crippen LogP contribution in [0.4, 0.5) is 4.39 Å². The molecule has 1 aliphatic rings. The van der Waals surface area contributed by atoms with Gasteiger partial charge >= 0.3 is 5.97 Å². The predicted molar refractivity (Wildman–Crippen MR) is 123 cm³/mol. The van der Waals surface area contributed by atoms with Gasteiger partial charge in [-0.15, -0.1) is 11.3 Å². The molecular formula is C23H26FNO5S2. The van der Waals surface area contributed by atoms with Crippen LogP contribution < -0.4 is 0 Å².